The van der Waals surface area contributed by atoms with Crippen molar-refractivity contribution in [2.75, 3.05) is 0 Å². The van der Waals surface area contributed by atoms with E-state index in [9.17, 15) is 0 Å². The van der Waals surface area contributed by atoms with Gasteiger partial charge in [0, 0.05) is 17.1 Å². The molecule has 0 amide bonds. The van der Waals surface area contributed by atoms with Gasteiger partial charge in [0.25, 0.3) is 0 Å². The van der Waals surface area contributed by atoms with Crippen LogP contribution in [-0.2, 0) is 0 Å². The molecule has 5 nitrogen and oxygen atoms in total. The van der Waals surface area contributed by atoms with Gasteiger partial charge in [0.1, 0.15) is 11.5 Å². The van der Waals surface area contributed by atoms with Gasteiger partial charge >= 0.3 is 0 Å². The van der Waals surface area contributed by atoms with Gasteiger partial charge in [-0.25, -0.2) is 10.5 Å². The highest BCUT2D eigenvalue weighted by atomic mass is 16.6. The quantitative estimate of drug-likeness (QED) is 0.647. The Hall–Kier alpha value is -2.95. The Bertz CT molecular complexity index is 882. The predicted octanol–water partition coefficient (Wildman–Crippen LogP) is 3.34. The van der Waals surface area contributed by atoms with Crippen LogP contribution in [0.15, 0.2) is 60.1 Å². The van der Waals surface area contributed by atoms with E-state index in [4.69, 9.17) is 4.84 Å². The van der Waals surface area contributed by atoms with Crippen molar-refractivity contribution in [3.8, 4) is 17.0 Å². The fourth-order valence-electron chi connectivity index (χ4n) is 2.62. The van der Waals surface area contributed by atoms with Crippen molar-refractivity contribution < 1.29 is 4.84 Å². The van der Waals surface area contributed by atoms with E-state index >= 15 is 0 Å². The monoisotopic (exact) mass is 306 g/mol. The van der Waals surface area contributed by atoms with E-state index in [1.807, 2.05) is 24.3 Å². The van der Waals surface area contributed by atoms with Crippen molar-refractivity contribution in [1.29, 1.82) is 0 Å². The minimum atomic E-state index is 0.403. The molecule has 3 N–H and O–H groups in total. The highest BCUT2D eigenvalue weighted by Crippen LogP contribution is 2.25. The molecule has 0 fully saturated rings. The van der Waals surface area contributed by atoms with Gasteiger partial charge in [-0.15, -0.1) is 0 Å². The maximum absolute atomic E-state index is 5.60. The Kier molecular flexibility index (Phi) is 3.19. The highest BCUT2D eigenvalue weighted by molar-refractivity contribution is 5.83. The zero-order valence-electron chi connectivity index (χ0n) is 13.1. The Morgan fingerprint density at radius 1 is 1.17 bits per heavy atom. The number of pyridine rings is 1. The first-order chi connectivity index (χ1) is 11.2. The lowest BCUT2D eigenvalue weighted by atomic mass is 10.1. The van der Waals surface area contributed by atoms with Crippen LogP contribution in [0.25, 0.3) is 22.3 Å². The maximum Gasteiger partial charge on any atom is 0.174 e. The summed E-state index contributed by atoms with van der Waals surface area (Å²) >= 11 is 0. The van der Waals surface area contributed by atoms with Gasteiger partial charge < -0.3 is 15.1 Å². The van der Waals surface area contributed by atoms with Crippen LogP contribution in [0.1, 0.15) is 13.8 Å². The van der Waals surface area contributed by atoms with Gasteiger partial charge in [0.2, 0.25) is 0 Å². The summed E-state index contributed by atoms with van der Waals surface area (Å²) in [5, 5.41) is 4.26. The highest BCUT2D eigenvalue weighted by Gasteiger charge is 2.21. The number of nitrogens with one attached hydrogen (secondary N) is 3. The number of nitrogens with zero attached hydrogens (tertiary/aromatic N) is 1. The van der Waals surface area contributed by atoms with Crippen LogP contribution in [0.5, 0.6) is 5.75 Å². The number of fused-ring (bicyclic) bond motifs is 1. The molecule has 3 aromatic rings. The average molecular weight is 306 g/mol. The number of H-pyrrole nitrogens is 1. The van der Waals surface area contributed by atoms with Crippen LogP contribution in [-0.4, -0.2) is 16.0 Å². The number of hydrogen-bond donors (Lipinski definition) is 3. The van der Waals surface area contributed by atoms with Gasteiger partial charge in [0.05, 0.1) is 6.20 Å². The SMILES string of the molecule is CC1=C(NOc2cnc3[nH]c(-c4ccccc4)cc3c2)NC1C. The zero-order chi connectivity index (χ0) is 15.8. The summed E-state index contributed by atoms with van der Waals surface area (Å²) in [5.74, 6) is 1.61. The molecule has 1 aliphatic heterocycles. The van der Waals surface area contributed by atoms with E-state index in [1.165, 1.54) is 5.57 Å². The minimum Gasteiger partial charge on any atom is -0.379 e. The van der Waals surface area contributed by atoms with E-state index in [0.29, 0.717) is 11.8 Å². The summed E-state index contributed by atoms with van der Waals surface area (Å²) in [6.45, 7) is 4.19. The lowest BCUT2D eigenvalue weighted by Crippen LogP contribution is -2.46. The standard InChI is InChI=1S/C18H18N4O/c1-11-12(2)20-17(11)22-23-15-8-14-9-16(21-18(14)19-10-15)13-6-4-3-5-7-13/h3-10,12,20,22H,1-2H3,(H,19,21). The topological polar surface area (TPSA) is 62.0 Å². The predicted molar refractivity (Wildman–Crippen MR) is 90.6 cm³/mol. The van der Waals surface area contributed by atoms with Crippen molar-refractivity contribution >= 4 is 11.0 Å². The van der Waals surface area contributed by atoms with E-state index in [0.717, 1.165) is 28.1 Å². The number of hydroxylamine groups is 1. The van der Waals surface area contributed by atoms with Gasteiger partial charge in [0.15, 0.2) is 5.75 Å². The number of rotatable bonds is 4. The third-order valence-electron chi connectivity index (χ3n) is 4.21. The Labute approximate surface area is 134 Å². The summed E-state index contributed by atoms with van der Waals surface area (Å²) in [7, 11) is 0. The van der Waals surface area contributed by atoms with Gasteiger partial charge in [-0.2, -0.15) is 0 Å². The first-order valence-electron chi connectivity index (χ1n) is 7.65. The molecule has 0 aliphatic carbocycles. The van der Waals surface area contributed by atoms with E-state index in [2.05, 4.69) is 52.8 Å². The second-order valence-corrected chi connectivity index (χ2v) is 5.79. The average Bonchev–Trinajstić information content (AvgIpc) is 3.02. The first kappa shape index (κ1) is 13.7. The van der Waals surface area contributed by atoms with Crippen LogP contribution < -0.4 is 15.6 Å². The molecular weight excluding hydrogens is 288 g/mol. The van der Waals surface area contributed by atoms with Crippen molar-refractivity contribution in [3.63, 3.8) is 0 Å². The van der Waals surface area contributed by atoms with Crippen molar-refractivity contribution in [3.05, 3.63) is 60.1 Å². The fourth-order valence-corrected chi connectivity index (χ4v) is 2.62. The summed E-state index contributed by atoms with van der Waals surface area (Å²) in [4.78, 5) is 13.4. The first-order valence-corrected chi connectivity index (χ1v) is 7.65. The number of hydrogen-bond acceptors (Lipinski definition) is 4. The Morgan fingerprint density at radius 2 is 2.00 bits per heavy atom. The molecule has 0 bridgehead atoms. The van der Waals surface area contributed by atoms with Crippen LogP contribution in [0.2, 0.25) is 0 Å². The maximum atomic E-state index is 5.60. The third kappa shape index (κ3) is 2.50. The smallest absolute Gasteiger partial charge is 0.174 e. The van der Waals surface area contributed by atoms with Crippen LogP contribution in [0.3, 0.4) is 0 Å². The molecule has 0 saturated carbocycles. The molecule has 0 spiro atoms. The minimum absolute atomic E-state index is 0.403. The normalized spacial score (nSPS) is 16.9. The van der Waals surface area contributed by atoms with E-state index < -0.39 is 0 Å². The van der Waals surface area contributed by atoms with Gasteiger partial charge in [-0.05, 0) is 37.1 Å². The van der Waals surface area contributed by atoms with Crippen LogP contribution >= 0.6 is 0 Å². The summed E-state index contributed by atoms with van der Waals surface area (Å²) in [6, 6.07) is 14.7. The molecule has 5 heteroatoms. The largest absolute Gasteiger partial charge is 0.379 e. The molecule has 4 rings (SSSR count). The third-order valence-corrected chi connectivity index (χ3v) is 4.21. The van der Waals surface area contributed by atoms with Crippen molar-refractivity contribution in [1.82, 2.24) is 20.8 Å². The summed E-state index contributed by atoms with van der Waals surface area (Å²) in [5.41, 5.74) is 7.23. The molecule has 23 heavy (non-hydrogen) atoms. The van der Waals surface area contributed by atoms with Crippen LogP contribution in [0.4, 0.5) is 0 Å². The van der Waals surface area contributed by atoms with Gasteiger partial charge in [-0.3, -0.25) is 0 Å². The molecule has 116 valence electrons. The summed E-state index contributed by atoms with van der Waals surface area (Å²) in [6.07, 6.45) is 1.71. The molecule has 2 aromatic heterocycles. The molecule has 1 aliphatic rings. The molecule has 1 unspecified atom stereocenters. The van der Waals surface area contributed by atoms with E-state index in [-0.39, 0.29) is 0 Å². The second kappa shape index (κ2) is 5.35. The van der Waals surface area contributed by atoms with Crippen molar-refractivity contribution in [2.45, 2.75) is 19.9 Å². The molecule has 0 saturated heterocycles. The molecule has 3 heterocycles. The summed E-state index contributed by atoms with van der Waals surface area (Å²) < 4.78 is 0. The Balaban J connectivity index is 1.56. The fraction of sp³-hybridized carbons (Fsp3) is 0.167. The number of aromatic nitrogens is 2. The molecule has 0 radical (unpaired) electrons. The van der Waals surface area contributed by atoms with Crippen molar-refractivity contribution in [2.24, 2.45) is 0 Å². The van der Waals surface area contributed by atoms with E-state index in [1.54, 1.807) is 6.20 Å². The lowest BCUT2D eigenvalue weighted by Gasteiger charge is -2.31. The van der Waals surface area contributed by atoms with Crippen LogP contribution in [0, 0.1) is 0 Å². The Morgan fingerprint density at radius 3 is 2.74 bits per heavy atom. The zero-order valence-corrected chi connectivity index (χ0v) is 13.1. The molecular formula is C18H18N4O. The second-order valence-electron chi connectivity index (χ2n) is 5.79. The number of aromatic amines is 1. The molecule has 1 atom stereocenters. The molecule has 1 aromatic carbocycles. The number of benzene rings is 1. The van der Waals surface area contributed by atoms with Gasteiger partial charge in [-0.1, -0.05) is 30.3 Å². The lowest BCUT2D eigenvalue weighted by molar-refractivity contribution is 0.205.